The minimum atomic E-state index is -4.59. The lowest BCUT2D eigenvalue weighted by molar-refractivity contribution is -0.138. The van der Waals surface area contributed by atoms with Crippen molar-refractivity contribution in [1.29, 1.82) is 5.41 Å². The van der Waals surface area contributed by atoms with Gasteiger partial charge in [-0.25, -0.2) is 0 Å². The fourth-order valence-corrected chi connectivity index (χ4v) is 3.46. The lowest BCUT2D eigenvalue weighted by Crippen LogP contribution is -2.35. The van der Waals surface area contributed by atoms with Crippen LogP contribution in [0.5, 0.6) is 5.75 Å². The van der Waals surface area contributed by atoms with E-state index < -0.39 is 11.7 Å². The lowest BCUT2D eigenvalue weighted by atomic mass is 10.1. The summed E-state index contributed by atoms with van der Waals surface area (Å²) in [5.74, 6) is -0.0598. The summed E-state index contributed by atoms with van der Waals surface area (Å²) in [6.45, 7) is 2.80. The van der Waals surface area contributed by atoms with E-state index in [1.807, 2.05) is 12.2 Å². The van der Waals surface area contributed by atoms with Gasteiger partial charge in [0.2, 0.25) is 11.7 Å². The molecule has 7 nitrogen and oxygen atoms in total. The molecular formula is C21H26F3N5O2. The van der Waals surface area contributed by atoms with Gasteiger partial charge in [0.05, 0.1) is 12.2 Å². The molecule has 1 aromatic carbocycles. The van der Waals surface area contributed by atoms with Crippen molar-refractivity contribution in [3.8, 4) is 17.1 Å². The zero-order chi connectivity index (χ0) is 22.4. The molecule has 168 valence electrons. The summed E-state index contributed by atoms with van der Waals surface area (Å²) >= 11 is 0. The molecule has 1 aromatic heterocycles. The molecule has 10 heteroatoms. The maximum Gasteiger partial charge on any atom is 0.419 e. The molecule has 31 heavy (non-hydrogen) atoms. The Hall–Kier alpha value is -3.04. The lowest BCUT2D eigenvalue weighted by Gasteiger charge is -2.21. The van der Waals surface area contributed by atoms with Gasteiger partial charge < -0.3 is 19.9 Å². The Kier molecular flexibility index (Phi) is 7.19. The number of aromatic nitrogens is 2. The standard InChI is InChI=1S/C21H26F3N5O2/c1-2-3-4-5-6-12-30-17-10-9-14(13-15(17)21(22,23)24)18-27-19(31-28-18)16-8-7-11-29(16)20(25)26/h4-5,9-10,13,16H,2-3,6-8,11-12H2,1H3,(H3,25,26)/t16-/m0/s1. The number of nitrogens with one attached hydrogen (secondary N) is 1. The highest BCUT2D eigenvalue weighted by atomic mass is 19.4. The van der Waals surface area contributed by atoms with Crippen LogP contribution in [0.2, 0.25) is 0 Å². The van der Waals surface area contributed by atoms with E-state index >= 15 is 0 Å². The van der Waals surface area contributed by atoms with Crippen molar-refractivity contribution < 1.29 is 22.4 Å². The number of halogens is 3. The number of nitrogens with zero attached hydrogens (tertiary/aromatic N) is 3. The fourth-order valence-electron chi connectivity index (χ4n) is 3.46. The Morgan fingerprint density at radius 2 is 2.13 bits per heavy atom. The second kappa shape index (κ2) is 9.84. The van der Waals surface area contributed by atoms with Gasteiger partial charge in [-0.3, -0.25) is 5.41 Å². The van der Waals surface area contributed by atoms with Crippen LogP contribution in [0.15, 0.2) is 34.9 Å². The van der Waals surface area contributed by atoms with Crippen molar-refractivity contribution in [1.82, 2.24) is 15.0 Å². The van der Waals surface area contributed by atoms with Gasteiger partial charge in [0.15, 0.2) is 5.96 Å². The molecule has 0 aliphatic carbocycles. The first-order valence-electron chi connectivity index (χ1n) is 10.2. The van der Waals surface area contributed by atoms with Crippen LogP contribution in [0.1, 0.15) is 56.5 Å². The van der Waals surface area contributed by atoms with E-state index in [1.54, 1.807) is 4.90 Å². The van der Waals surface area contributed by atoms with Crippen LogP contribution >= 0.6 is 0 Å². The molecule has 0 unspecified atom stereocenters. The van der Waals surface area contributed by atoms with Crippen molar-refractivity contribution >= 4 is 5.96 Å². The number of unbranched alkanes of at least 4 members (excludes halogenated alkanes) is 1. The van der Waals surface area contributed by atoms with Crippen molar-refractivity contribution in [3.05, 3.63) is 41.8 Å². The third-order valence-electron chi connectivity index (χ3n) is 5.00. The van der Waals surface area contributed by atoms with Crippen LogP contribution < -0.4 is 10.5 Å². The number of likely N-dealkylation sites (tertiary alicyclic amines) is 1. The zero-order valence-electron chi connectivity index (χ0n) is 17.3. The smallest absolute Gasteiger partial charge is 0.419 e. The van der Waals surface area contributed by atoms with Crippen molar-refractivity contribution in [2.75, 3.05) is 13.2 Å². The predicted molar refractivity (Wildman–Crippen MR) is 109 cm³/mol. The third-order valence-corrected chi connectivity index (χ3v) is 5.00. The normalized spacial score (nSPS) is 16.9. The van der Waals surface area contributed by atoms with E-state index in [9.17, 15) is 13.2 Å². The van der Waals surface area contributed by atoms with Crippen LogP contribution in [0.25, 0.3) is 11.4 Å². The molecule has 1 fully saturated rings. The summed E-state index contributed by atoms with van der Waals surface area (Å²) in [5, 5.41) is 11.5. The Morgan fingerprint density at radius 3 is 2.84 bits per heavy atom. The number of benzene rings is 1. The topological polar surface area (TPSA) is 101 Å². The highest BCUT2D eigenvalue weighted by Gasteiger charge is 2.36. The molecule has 1 saturated heterocycles. The molecular weight excluding hydrogens is 411 g/mol. The van der Waals surface area contributed by atoms with Crippen LogP contribution in [-0.2, 0) is 6.18 Å². The summed E-state index contributed by atoms with van der Waals surface area (Å²) < 4.78 is 51.5. The summed E-state index contributed by atoms with van der Waals surface area (Å²) in [5.41, 5.74) is 4.86. The largest absolute Gasteiger partial charge is 0.493 e. The maximum atomic E-state index is 13.6. The molecule has 1 aliphatic rings. The Balaban J connectivity index is 1.78. The van der Waals surface area contributed by atoms with Crippen LogP contribution in [0.3, 0.4) is 0 Å². The minimum Gasteiger partial charge on any atom is -0.493 e. The maximum absolute atomic E-state index is 13.6. The molecule has 2 aromatic rings. The highest BCUT2D eigenvalue weighted by molar-refractivity contribution is 5.75. The van der Waals surface area contributed by atoms with Crippen LogP contribution in [0.4, 0.5) is 13.2 Å². The quantitative estimate of drug-likeness (QED) is 0.263. The van der Waals surface area contributed by atoms with Crippen molar-refractivity contribution in [2.24, 2.45) is 5.73 Å². The summed E-state index contributed by atoms with van der Waals surface area (Å²) in [6.07, 6.45) is 3.26. The molecule has 0 bridgehead atoms. The monoisotopic (exact) mass is 437 g/mol. The van der Waals surface area contributed by atoms with E-state index in [1.165, 1.54) is 12.1 Å². The number of allylic oxidation sites excluding steroid dienone is 1. The Bertz CT molecular complexity index is 926. The average molecular weight is 437 g/mol. The van der Waals surface area contributed by atoms with Gasteiger partial charge in [0, 0.05) is 12.1 Å². The van der Waals surface area contributed by atoms with Gasteiger partial charge in [0.25, 0.3) is 0 Å². The molecule has 1 aliphatic heterocycles. The van der Waals surface area contributed by atoms with E-state index in [0.29, 0.717) is 19.4 Å². The summed E-state index contributed by atoms with van der Waals surface area (Å²) in [4.78, 5) is 5.89. The number of alkyl halides is 3. The van der Waals surface area contributed by atoms with Crippen molar-refractivity contribution in [3.63, 3.8) is 0 Å². The molecule has 3 rings (SSSR count). The van der Waals surface area contributed by atoms with Gasteiger partial charge >= 0.3 is 6.18 Å². The number of hydrogen-bond acceptors (Lipinski definition) is 5. The van der Waals surface area contributed by atoms with Gasteiger partial charge in [-0.05, 0) is 43.9 Å². The Morgan fingerprint density at radius 1 is 1.35 bits per heavy atom. The van der Waals surface area contributed by atoms with Crippen LogP contribution in [-0.4, -0.2) is 34.2 Å². The highest BCUT2D eigenvalue weighted by Crippen LogP contribution is 2.39. The minimum absolute atomic E-state index is 0.0463. The van der Waals surface area contributed by atoms with Gasteiger partial charge in [-0.15, -0.1) is 0 Å². The SMILES string of the molecule is CCCC=CCCOc1ccc(-c2noc([C@@H]3CCCN3C(=N)N)n2)cc1C(F)(F)F. The molecule has 0 spiro atoms. The first-order valence-corrected chi connectivity index (χ1v) is 10.2. The molecule has 0 amide bonds. The van der Waals surface area contributed by atoms with Gasteiger partial charge in [0.1, 0.15) is 11.8 Å². The van der Waals surface area contributed by atoms with Gasteiger partial charge in [-0.1, -0.05) is 30.7 Å². The fraction of sp³-hybridized carbons (Fsp3) is 0.476. The molecule has 1 atom stereocenters. The molecule has 0 radical (unpaired) electrons. The molecule has 0 saturated carbocycles. The number of rotatable bonds is 8. The first kappa shape index (κ1) is 22.6. The first-order chi connectivity index (χ1) is 14.8. The van der Waals surface area contributed by atoms with Crippen molar-refractivity contribution in [2.45, 2.75) is 51.2 Å². The number of hydrogen-bond donors (Lipinski definition) is 2. The summed E-state index contributed by atoms with van der Waals surface area (Å²) in [6, 6.07) is 3.38. The number of ether oxygens (including phenoxy) is 1. The second-order valence-corrected chi connectivity index (χ2v) is 7.30. The molecule has 2 heterocycles. The van der Waals surface area contributed by atoms with Crippen LogP contribution in [0, 0.1) is 5.41 Å². The second-order valence-electron chi connectivity index (χ2n) is 7.30. The van der Waals surface area contributed by atoms with E-state index in [0.717, 1.165) is 25.3 Å². The molecule has 3 N–H and O–H groups in total. The summed E-state index contributed by atoms with van der Waals surface area (Å²) in [7, 11) is 0. The zero-order valence-corrected chi connectivity index (χ0v) is 17.3. The average Bonchev–Trinajstić information content (AvgIpc) is 3.39. The predicted octanol–water partition coefficient (Wildman–Crippen LogP) is 4.91. The van der Waals surface area contributed by atoms with E-state index in [4.69, 9.17) is 20.4 Å². The Labute approximate surface area is 178 Å². The number of nitrogens with two attached hydrogens (primary N) is 1. The van der Waals surface area contributed by atoms with E-state index in [-0.39, 0.29) is 41.6 Å². The van der Waals surface area contributed by atoms with E-state index in [2.05, 4.69) is 17.1 Å². The number of guanidine groups is 1. The third kappa shape index (κ3) is 5.56. The van der Waals surface area contributed by atoms with Gasteiger partial charge in [-0.2, -0.15) is 18.2 Å².